The number of para-hydroxylation sites is 3. The van der Waals surface area contributed by atoms with Gasteiger partial charge in [-0.2, -0.15) is 0 Å². The Morgan fingerprint density at radius 1 is 0.292 bits per heavy atom. The Labute approximate surface area is 274 Å². The average molecular weight is 607 g/mol. The van der Waals surface area contributed by atoms with Gasteiger partial charge in [0.1, 0.15) is 0 Å². The van der Waals surface area contributed by atoms with Crippen LogP contribution >= 0.6 is 0 Å². The van der Waals surface area contributed by atoms with E-state index in [1.54, 1.807) is 0 Å². The van der Waals surface area contributed by atoms with Crippen molar-refractivity contribution in [3.63, 3.8) is 0 Å². The molecular formula is C46H26N2. The van der Waals surface area contributed by atoms with Crippen LogP contribution < -0.4 is 0 Å². The largest absolute Gasteiger partial charge is 0.307 e. The second-order valence-corrected chi connectivity index (χ2v) is 13.3. The quantitative estimate of drug-likeness (QED) is 0.164. The lowest BCUT2D eigenvalue weighted by Crippen LogP contribution is -1.96. The third-order valence-corrected chi connectivity index (χ3v) is 11.0. The van der Waals surface area contributed by atoms with Crippen molar-refractivity contribution >= 4 is 103 Å². The van der Waals surface area contributed by atoms with Crippen LogP contribution in [0.15, 0.2) is 158 Å². The van der Waals surface area contributed by atoms with E-state index in [9.17, 15) is 0 Å². The summed E-state index contributed by atoms with van der Waals surface area (Å²) >= 11 is 0. The monoisotopic (exact) mass is 606 g/mol. The summed E-state index contributed by atoms with van der Waals surface area (Å²) in [4.78, 5) is 0. The van der Waals surface area contributed by atoms with Crippen LogP contribution in [-0.2, 0) is 0 Å². The molecule has 220 valence electrons. The van der Waals surface area contributed by atoms with Crippen LogP contribution in [0.2, 0.25) is 0 Å². The van der Waals surface area contributed by atoms with E-state index in [-0.39, 0.29) is 0 Å². The zero-order valence-corrected chi connectivity index (χ0v) is 25.9. The Morgan fingerprint density at radius 3 is 1.67 bits per heavy atom. The van der Waals surface area contributed by atoms with Crippen LogP contribution in [0, 0.1) is 0 Å². The van der Waals surface area contributed by atoms with Gasteiger partial charge in [-0.05, 0) is 67.4 Å². The predicted molar refractivity (Wildman–Crippen MR) is 205 cm³/mol. The standard InChI is InChI=1S/C46H26N2/c1-2-11-30-27(10-1)21-25-32-31(30)24-22-28-20-23-29(26-39(28)32)47-41-19-8-6-15-37(41)42-34-13-3-4-14-35(34)43-38-17-9-16-36-33-12-5-7-18-40(33)48(44(36)38)46(43)45(42)47/h1-26H. The minimum atomic E-state index is 1.18. The van der Waals surface area contributed by atoms with E-state index in [1.807, 2.05) is 0 Å². The highest BCUT2D eigenvalue weighted by molar-refractivity contribution is 6.38. The van der Waals surface area contributed by atoms with Gasteiger partial charge in [-0.15, -0.1) is 0 Å². The summed E-state index contributed by atoms with van der Waals surface area (Å²) in [7, 11) is 0. The summed E-state index contributed by atoms with van der Waals surface area (Å²) in [6.07, 6.45) is 0. The van der Waals surface area contributed by atoms with Crippen LogP contribution in [0.25, 0.3) is 109 Å². The molecule has 0 bridgehead atoms. The van der Waals surface area contributed by atoms with Crippen LogP contribution in [0.3, 0.4) is 0 Å². The molecule has 9 aromatic carbocycles. The molecule has 12 rings (SSSR count). The number of hydrogen-bond donors (Lipinski definition) is 0. The molecule has 12 aromatic rings. The SMILES string of the molecule is c1ccc2c(c1)ccc1c3cc(-n4c5ccccc5c5c6ccccc6c6c7cccc8c9ccccc9n(c87)c6c54)ccc3ccc21. The Morgan fingerprint density at radius 2 is 0.854 bits per heavy atom. The van der Waals surface area contributed by atoms with Crippen molar-refractivity contribution < 1.29 is 0 Å². The maximum atomic E-state index is 2.56. The zero-order chi connectivity index (χ0) is 31.1. The van der Waals surface area contributed by atoms with E-state index in [0.29, 0.717) is 0 Å². The molecule has 0 spiro atoms. The fourth-order valence-electron chi connectivity index (χ4n) is 9.06. The van der Waals surface area contributed by atoms with Gasteiger partial charge in [0, 0.05) is 38.0 Å². The Kier molecular flexibility index (Phi) is 4.49. The summed E-state index contributed by atoms with van der Waals surface area (Å²) in [6.45, 7) is 0. The van der Waals surface area contributed by atoms with Gasteiger partial charge in [-0.3, -0.25) is 0 Å². The number of aromatic nitrogens is 2. The Hall–Kier alpha value is -6.38. The van der Waals surface area contributed by atoms with Crippen LogP contribution in [0.5, 0.6) is 0 Å². The van der Waals surface area contributed by atoms with Crippen molar-refractivity contribution in [2.75, 3.05) is 0 Å². The third kappa shape index (κ3) is 2.91. The molecule has 3 heterocycles. The van der Waals surface area contributed by atoms with Crippen molar-refractivity contribution in [1.29, 1.82) is 0 Å². The van der Waals surface area contributed by atoms with E-state index in [2.05, 4.69) is 167 Å². The minimum Gasteiger partial charge on any atom is -0.307 e. The molecule has 0 N–H and O–H groups in total. The van der Waals surface area contributed by atoms with Gasteiger partial charge in [-0.25, -0.2) is 0 Å². The molecule has 0 radical (unpaired) electrons. The molecule has 0 saturated heterocycles. The smallest absolute Gasteiger partial charge is 0.0795 e. The fraction of sp³-hybridized carbons (Fsp3) is 0. The number of hydrogen-bond acceptors (Lipinski definition) is 0. The minimum absolute atomic E-state index is 1.18. The van der Waals surface area contributed by atoms with Gasteiger partial charge < -0.3 is 8.97 Å². The number of nitrogens with zero attached hydrogens (tertiary/aromatic N) is 2. The summed E-state index contributed by atoms with van der Waals surface area (Å²) in [5.41, 5.74) is 7.49. The average Bonchev–Trinajstić information content (AvgIpc) is 3.80. The van der Waals surface area contributed by atoms with Crippen molar-refractivity contribution in [3.05, 3.63) is 158 Å². The van der Waals surface area contributed by atoms with Gasteiger partial charge in [0.15, 0.2) is 0 Å². The predicted octanol–water partition coefficient (Wildman–Crippen LogP) is 12.5. The number of rotatable bonds is 1. The second-order valence-electron chi connectivity index (χ2n) is 13.3. The highest BCUT2D eigenvalue weighted by atomic mass is 15.0. The van der Waals surface area contributed by atoms with Gasteiger partial charge in [0.2, 0.25) is 0 Å². The van der Waals surface area contributed by atoms with Crippen LogP contribution in [0.4, 0.5) is 0 Å². The van der Waals surface area contributed by atoms with Crippen LogP contribution in [0.1, 0.15) is 0 Å². The number of fused-ring (bicyclic) bond motifs is 18. The molecule has 0 aliphatic carbocycles. The van der Waals surface area contributed by atoms with E-state index < -0.39 is 0 Å². The molecule has 48 heavy (non-hydrogen) atoms. The fourth-order valence-corrected chi connectivity index (χ4v) is 9.06. The molecule has 0 aliphatic heterocycles. The molecule has 0 amide bonds. The second kappa shape index (κ2) is 8.70. The van der Waals surface area contributed by atoms with E-state index in [4.69, 9.17) is 0 Å². The lowest BCUT2D eigenvalue weighted by molar-refractivity contribution is 1.19. The van der Waals surface area contributed by atoms with Gasteiger partial charge >= 0.3 is 0 Å². The summed E-state index contributed by atoms with van der Waals surface area (Å²) in [6, 6.07) is 58.6. The Bertz CT molecular complexity index is 3330. The van der Waals surface area contributed by atoms with Crippen molar-refractivity contribution in [2.45, 2.75) is 0 Å². The highest BCUT2D eigenvalue weighted by Gasteiger charge is 2.25. The molecule has 0 unspecified atom stereocenters. The first kappa shape index (κ1) is 24.8. The maximum absolute atomic E-state index is 2.56. The van der Waals surface area contributed by atoms with Gasteiger partial charge in [0.05, 0.1) is 27.6 Å². The topological polar surface area (TPSA) is 9.34 Å². The van der Waals surface area contributed by atoms with Crippen molar-refractivity contribution in [2.24, 2.45) is 0 Å². The molecule has 2 heteroatoms. The molecule has 3 aromatic heterocycles. The highest BCUT2D eigenvalue weighted by Crippen LogP contribution is 2.48. The summed E-state index contributed by atoms with van der Waals surface area (Å²) in [5.74, 6) is 0. The maximum Gasteiger partial charge on any atom is 0.0795 e. The van der Waals surface area contributed by atoms with Gasteiger partial charge in [0.25, 0.3) is 0 Å². The molecule has 0 atom stereocenters. The van der Waals surface area contributed by atoms with Crippen molar-refractivity contribution in [1.82, 2.24) is 8.97 Å². The van der Waals surface area contributed by atoms with E-state index in [1.165, 1.54) is 109 Å². The molecule has 0 fully saturated rings. The van der Waals surface area contributed by atoms with E-state index in [0.717, 1.165) is 0 Å². The summed E-state index contributed by atoms with van der Waals surface area (Å²) < 4.78 is 5.10. The Balaban J connectivity index is 1.35. The lowest BCUT2D eigenvalue weighted by atomic mass is 9.96. The zero-order valence-electron chi connectivity index (χ0n) is 25.9. The third-order valence-electron chi connectivity index (χ3n) is 11.0. The molecule has 0 saturated carbocycles. The first-order chi connectivity index (χ1) is 23.8. The first-order valence-corrected chi connectivity index (χ1v) is 16.7. The molecule has 2 nitrogen and oxygen atoms in total. The first-order valence-electron chi connectivity index (χ1n) is 16.7. The van der Waals surface area contributed by atoms with Crippen molar-refractivity contribution in [3.8, 4) is 5.69 Å². The lowest BCUT2D eigenvalue weighted by Gasteiger charge is -2.13. The summed E-state index contributed by atoms with van der Waals surface area (Å²) in [5, 5.41) is 18.1. The number of benzene rings is 9. The van der Waals surface area contributed by atoms with Gasteiger partial charge in [-0.1, -0.05) is 133 Å². The molecule has 0 aliphatic rings. The normalized spacial score (nSPS) is 12.6. The van der Waals surface area contributed by atoms with Crippen LogP contribution in [-0.4, -0.2) is 8.97 Å². The van der Waals surface area contributed by atoms with E-state index >= 15 is 0 Å². The molecular weight excluding hydrogens is 581 g/mol.